The van der Waals surface area contributed by atoms with Crippen LogP contribution < -0.4 is 5.73 Å². The maximum absolute atomic E-state index is 9.19. The van der Waals surface area contributed by atoms with Gasteiger partial charge >= 0.3 is 0 Å². The molecule has 70 valence electrons. The molecule has 11 heavy (non-hydrogen) atoms. The van der Waals surface area contributed by atoms with Crippen molar-refractivity contribution in [1.29, 1.82) is 0 Å². The van der Waals surface area contributed by atoms with Crippen molar-refractivity contribution < 1.29 is 13.0 Å². The summed E-state index contributed by atoms with van der Waals surface area (Å²) in [5.74, 6) is 0. The predicted octanol–water partition coefficient (Wildman–Crippen LogP) is 0.639. The zero-order valence-electron chi connectivity index (χ0n) is 7.08. The summed E-state index contributed by atoms with van der Waals surface area (Å²) in [5.41, 5.74) is 5.21. The average Bonchev–Trinajstić information content (AvgIpc) is 1.79. The highest BCUT2D eigenvalue weighted by Gasteiger charge is 1.81. The Labute approximate surface area is 68.5 Å². The van der Waals surface area contributed by atoms with E-state index in [4.69, 9.17) is 10.3 Å². The van der Waals surface area contributed by atoms with E-state index < -0.39 is 10.1 Å². The molecule has 0 spiro atoms. The topological polar surface area (TPSA) is 80.4 Å². The molecule has 0 aliphatic carbocycles. The van der Waals surface area contributed by atoms with Gasteiger partial charge in [0.25, 0.3) is 10.1 Å². The van der Waals surface area contributed by atoms with Gasteiger partial charge in [0.15, 0.2) is 0 Å². The molecule has 0 radical (unpaired) electrons. The summed E-state index contributed by atoms with van der Waals surface area (Å²) >= 11 is 0. The van der Waals surface area contributed by atoms with E-state index in [1.807, 2.05) is 0 Å². The Bertz CT molecular complexity index is 141. The Morgan fingerprint density at radius 2 is 1.73 bits per heavy atom. The van der Waals surface area contributed by atoms with Crippen LogP contribution in [0.1, 0.15) is 26.2 Å². The van der Waals surface area contributed by atoms with Gasteiger partial charge in [-0.2, -0.15) is 8.42 Å². The normalized spacial score (nSPS) is 10.2. The molecule has 0 aromatic carbocycles. The molecule has 0 aromatic rings. The van der Waals surface area contributed by atoms with E-state index >= 15 is 0 Å². The molecule has 4 nitrogen and oxygen atoms in total. The fourth-order valence-electron chi connectivity index (χ4n) is 0.394. The maximum Gasteiger partial charge on any atom is 0.261 e. The summed E-state index contributed by atoms with van der Waals surface area (Å²) in [5, 5.41) is 0. The zero-order chi connectivity index (χ0) is 9.33. The average molecular weight is 183 g/mol. The Morgan fingerprint density at radius 1 is 1.36 bits per heavy atom. The quantitative estimate of drug-likeness (QED) is 0.497. The van der Waals surface area contributed by atoms with Crippen molar-refractivity contribution in [3.63, 3.8) is 0 Å². The molecule has 5 heteroatoms. The van der Waals surface area contributed by atoms with Gasteiger partial charge in [-0.3, -0.25) is 4.55 Å². The van der Waals surface area contributed by atoms with Crippen molar-refractivity contribution in [2.24, 2.45) is 5.73 Å². The summed E-state index contributed by atoms with van der Waals surface area (Å²) in [6.07, 6.45) is 4.47. The van der Waals surface area contributed by atoms with E-state index in [1.54, 1.807) is 0 Å². The van der Waals surface area contributed by atoms with Crippen molar-refractivity contribution in [2.75, 3.05) is 12.8 Å². The monoisotopic (exact) mass is 183 g/mol. The molecule has 3 N–H and O–H groups in total. The van der Waals surface area contributed by atoms with Gasteiger partial charge in [-0.05, 0) is 13.0 Å². The molecule has 0 aliphatic heterocycles. The molecule has 0 atom stereocenters. The SMILES string of the molecule is CCCCCN.CS(=O)(=O)O. The lowest BCUT2D eigenvalue weighted by Crippen LogP contribution is -1.96. The van der Waals surface area contributed by atoms with Crippen LogP contribution in [0.2, 0.25) is 0 Å². The summed E-state index contributed by atoms with van der Waals surface area (Å²) in [4.78, 5) is 0. The third kappa shape index (κ3) is 74.2. The van der Waals surface area contributed by atoms with Gasteiger partial charge in [-0.15, -0.1) is 0 Å². The number of hydrogen-bond donors (Lipinski definition) is 2. The summed E-state index contributed by atoms with van der Waals surface area (Å²) < 4.78 is 25.9. The van der Waals surface area contributed by atoms with E-state index in [1.165, 1.54) is 19.3 Å². The minimum absolute atomic E-state index is 0.715. The highest BCUT2D eigenvalue weighted by Crippen LogP contribution is 1.88. The van der Waals surface area contributed by atoms with E-state index in [0.717, 1.165) is 6.54 Å². The molecule has 0 saturated heterocycles. The van der Waals surface area contributed by atoms with Crippen LogP contribution in [-0.4, -0.2) is 25.8 Å². The number of unbranched alkanes of at least 4 members (excludes halogenated alkanes) is 2. The van der Waals surface area contributed by atoms with Crippen molar-refractivity contribution in [3.05, 3.63) is 0 Å². The summed E-state index contributed by atoms with van der Waals surface area (Å²) in [7, 11) is -3.67. The van der Waals surface area contributed by atoms with Gasteiger partial charge in [-0.1, -0.05) is 19.8 Å². The predicted molar refractivity (Wildman–Crippen MR) is 46.1 cm³/mol. The Hall–Kier alpha value is -0.130. The first-order valence-electron chi connectivity index (χ1n) is 3.54. The fourth-order valence-corrected chi connectivity index (χ4v) is 0.394. The van der Waals surface area contributed by atoms with Crippen LogP contribution in [0.25, 0.3) is 0 Å². The third-order valence-corrected chi connectivity index (χ3v) is 0.808. The van der Waals surface area contributed by atoms with Crippen LogP contribution in [0.4, 0.5) is 0 Å². The molecule has 0 amide bonds. The van der Waals surface area contributed by atoms with E-state index in [9.17, 15) is 8.42 Å². The highest BCUT2D eigenvalue weighted by molar-refractivity contribution is 7.85. The van der Waals surface area contributed by atoms with Crippen LogP contribution in [0, 0.1) is 0 Å². The second kappa shape index (κ2) is 7.97. The van der Waals surface area contributed by atoms with Crippen LogP contribution in [0.15, 0.2) is 0 Å². The van der Waals surface area contributed by atoms with E-state index in [-0.39, 0.29) is 0 Å². The molecule has 0 rings (SSSR count). The van der Waals surface area contributed by atoms with Crippen LogP contribution in [-0.2, 0) is 10.1 Å². The Morgan fingerprint density at radius 3 is 1.82 bits per heavy atom. The minimum Gasteiger partial charge on any atom is -0.330 e. The molecule has 0 fully saturated rings. The zero-order valence-corrected chi connectivity index (χ0v) is 7.89. The lowest BCUT2D eigenvalue weighted by Gasteiger charge is -1.86. The first-order chi connectivity index (χ1) is 4.91. The van der Waals surface area contributed by atoms with Gasteiger partial charge in [0.05, 0.1) is 6.26 Å². The van der Waals surface area contributed by atoms with Gasteiger partial charge in [0, 0.05) is 0 Å². The molecular weight excluding hydrogens is 166 g/mol. The molecule has 0 bridgehead atoms. The smallest absolute Gasteiger partial charge is 0.261 e. The summed E-state index contributed by atoms with van der Waals surface area (Å²) in [6, 6.07) is 0. The molecule has 0 saturated carbocycles. The van der Waals surface area contributed by atoms with Crippen molar-refractivity contribution in [1.82, 2.24) is 0 Å². The highest BCUT2D eigenvalue weighted by atomic mass is 32.2. The van der Waals surface area contributed by atoms with Crippen molar-refractivity contribution in [3.8, 4) is 0 Å². The third-order valence-electron chi connectivity index (χ3n) is 0.808. The van der Waals surface area contributed by atoms with Gasteiger partial charge in [-0.25, -0.2) is 0 Å². The van der Waals surface area contributed by atoms with Crippen molar-refractivity contribution in [2.45, 2.75) is 26.2 Å². The lowest BCUT2D eigenvalue weighted by atomic mass is 10.3. The van der Waals surface area contributed by atoms with E-state index in [0.29, 0.717) is 6.26 Å². The second-order valence-electron chi connectivity index (χ2n) is 2.23. The first kappa shape index (κ1) is 13.5. The molecule has 0 unspecified atom stereocenters. The summed E-state index contributed by atoms with van der Waals surface area (Å²) in [6.45, 7) is 3.03. The molecular formula is C6H17NO3S. The van der Waals surface area contributed by atoms with Gasteiger partial charge in [0.2, 0.25) is 0 Å². The van der Waals surface area contributed by atoms with Gasteiger partial charge in [0.1, 0.15) is 0 Å². The minimum atomic E-state index is -3.67. The number of rotatable bonds is 3. The largest absolute Gasteiger partial charge is 0.330 e. The van der Waals surface area contributed by atoms with Crippen LogP contribution in [0.3, 0.4) is 0 Å². The van der Waals surface area contributed by atoms with E-state index in [2.05, 4.69) is 6.92 Å². The number of hydrogen-bond acceptors (Lipinski definition) is 3. The molecule has 0 heterocycles. The van der Waals surface area contributed by atoms with Crippen LogP contribution >= 0.6 is 0 Å². The standard InChI is InChI=1S/C5H13N.CH4O3S/c1-2-3-4-5-6;1-5(2,3)4/h2-6H2,1H3;1H3,(H,2,3,4). The second-order valence-corrected chi connectivity index (χ2v) is 3.69. The maximum atomic E-state index is 9.19. The first-order valence-corrected chi connectivity index (χ1v) is 5.39. The Balaban J connectivity index is 0. The molecule has 0 aromatic heterocycles. The van der Waals surface area contributed by atoms with Crippen molar-refractivity contribution >= 4 is 10.1 Å². The van der Waals surface area contributed by atoms with Gasteiger partial charge < -0.3 is 5.73 Å². The lowest BCUT2D eigenvalue weighted by molar-refractivity contribution is 0.490. The fraction of sp³-hybridized carbons (Fsp3) is 1.00. The van der Waals surface area contributed by atoms with Crippen LogP contribution in [0.5, 0.6) is 0 Å². The molecule has 0 aliphatic rings. The number of nitrogens with two attached hydrogens (primary N) is 1. The Kier molecular flexibility index (Phi) is 9.75.